The van der Waals surface area contributed by atoms with Gasteiger partial charge in [-0.2, -0.15) is 13.2 Å². The van der Waals surface area contributed by atoms with Crippen molar-refractivity contribution in [2.75, 3.05) is 13.2 Å². The number of carbonyl (C=O) groups excluding carboxylic acids is 3. The highest BCUT2D eigenvalue weighted by molar-refractivity contribution is 7.80. The van der Waals surface area contributed by atoms with E-state index in [0.717, 1.165) is 29.2 Å². The van der Waals surface area contributed by atoms with E-state index in [9.17, 15) is 27.6 Å². The number of benzene rings is 1. The van der Waals surface area contributed by atoms with Crippen LogP contribution in [0.4, 0.5) is 18.0 Å². The molecular weight excluding hydrogens is 441 g/mol. The lowest BCUT2D eigenvalue weighted by atomic mass is 9.84. The molecule has 0 spiro atoms. The SMILES string of the molecule is CCOC(=O)[C@@]1(c2ccc(C(F)(F)F)cc2)OC(=S)N[C@H]1C(=O)N1C(=O)OCC1(C)C. The molecule has 0 aromatic heterocycles. The van der Waals surface area contributed by atoms with Crippen LogP contribution < -0.4 is 5.32 Å². The van der Waals surface area contributed by atoms with E-state index in [4.69, 9.17) is 26.4 Å². The van der Waals surface area contributed by atoms with Crippen LogP contribution in [-0.4, -0.2) is 52.8 Å². The molecule has 0 radical (unpaired) electrons. The van der Waals surface area contributed by atoms with Gasteiger partial charge in [0.25, 0.3) is 16.7 Å². The first kappa shape index (κ1) is 22.8. The van der Waals surface area contributed by atoms with Gasteiger partial charge in [-0.05, 0) is 45.1 Å². The number of esters is 1. The van der Waals surface area contributed by atoms with E-state index >= 15 is 0 Å². The number of alkyl halides is 3. The van der Waals surface area contributed by atoms with Crippen molar-refractivity contribution in [3.8, 4) is 0 Å². The molecule has 0 saturated carbocycles. The fraction of sp³-hybridized carbons (Fsp3) is 0.474. The normalized spacial score (nSPS) is 25.0. The van der Waals surface area contributed by atoms with Crippen molar-refractivity contribution < 1.29 is 41.8 Å². The summed E-state index contributed by atoms with van der Waals surface area (Å²) in [6.07, 6.45) is -5.54. The molecule has 2 aliphatic heterocycles. The van der Waals surface area contributed by atoms with Gasteiger partial charge in [-0.3, -0.25) is 4.79 Å². The Morgan fingerprint density at radius 1 is 1.29 bits per heavy atom. The molecule has 3 rings (SSSR count). The molecule has 2 saturated heterocycles. The predicted octanol–water partition coefficient (Wildman–Crippen LogP) is 2.49. The standard InChI is InChI=1S/C19H19F3N2O6S/c1-4-28-14(26)18(10-5-7-11(8-6-10)19(20,21)22)12(23-15(31)30-18)13(25)24-16(27)29-9-17(24,2)3/h5-8,12H,4,9H2,1-3H3,(H,23,31)/t12-,18-/m0/s1. The van der Waals surface area contributed by atoms with Crippen LogP contribution >= 0.6 is 12.2 Å². The fourth-order valence-corrected chi connectivity index (χ4v) is 3.72. The zero-order valence-corrected chi connectivity index (χ0v) is 17.6. The van der Waals surface area contributed by atoms with Crippen LogP contribution in [0.25, 0.3) is 0 Å². The number of hydrogen-bond donors (Lipinski definition) is 1. The van der Waals surface area contributed by atoms with Crippen molar-refractivity contribution in [3.63, 3.8) is 0 Å². The number of nitrogens with zero attached hydrogens (tertiary/aromatic N) is 1. The van der Waals surface area contributed by atoms with Crippen molar-refractivity contribution in [2.45, 2.75) is 44.1 Å². The maximum atomic E-state index is 13.4. The van der Waals surface area contributed by atoms with Gasteiger partial charge in [-0.25, -0.2) is 14.5 Å². The Morgan fingerprint density at radius 2 is 1.90 bits per heavy atom. The van der Waals surface area contributed by atoms with Crippen LogP contribution in [0.5, 0.6) is 0 Å². The summed E-state index contributed by atoms with van der Waals surface area (Å²) in [4.78, 5) is 39.4. The lowest BCUT2D eigenvalue weighted by Crippen LogP contribution is -2.60. The Bertz CT molecular complexity index is 934. The van der Waals surface area contributed by atoms with Gasteiger partial charge < -0.3 is 19.5 Å². The Morgan fingerprint density at radius 3 is 2.39 bits per heavy atom. The molecule has 1 aromatic rings. The molecule has 1 aromatic carbocycles. The van der Waals surface area contributed by atoms with Gasteiger partial charge in [0.05, 0.1) is 17.7 Å². The minimum Gasteiger partial charge on any atom is -0.463 e. The van der Waals surface area contributed by atoms with E-state index < -0.39 is 46.9 Å². The highest BCUT2D eigenvalue weighted by Gasteiger charge is 2.63. The zero-order valence-electron chi connectivity index (χ0n) is 16.7. The van der Waals surface area contributed by atoms with Gasteiger partial charge in [0.2, 0.25) is 0 Å². The summed E-state index contributed by atoms with van der Waals surface area (Å²) in [6, 6.07) is 1.92. The third-order valence-corrected chi connectivity index (χ3v) is 5.15. The maximum Gasteiger partial charge on any atom is 0.417 e. The minimum absolute atomic E-state index is 0.0811. The predicted molar refractivity (Wildman–Crippen MR) is 103 cm³/mol. The van der Waals surface area contributed by atoms with Crippen molar-refractivity contribution >= 4 is 35.4 Å². The van der Waals surface area contributed by atoms with E-state index in [1.165, 1.54) is 6.92 Å². The lowest BCUT2D eigenvalue weighted by molar-refractivity contribution is -0.167. The third-order valence-electron chi connectivity index (χ3n) is 4.95. The second-order valence-electron chi connectivity index (χ2n) is 7.54. The number of cyclic esters (lactones) is 1. The summed E-state index contributed by atoms with van der Waals surface area (Å²) in [6.45, 7) is 4.48. The zero-order chi connectivity index (χ0) is 23.2. The maximum absolute atomic E-state index is 13.4. The molecule has 2 amide bonds. The van der Waals surface area contributed by atoms with Gasteiger partial charge in [0, 0.05) is 5.56 Å². The molecule has 2 fully saturated rings. The summed E-state index contributed by atoms with van der Waals surface area (Å²) in [7, 11) is 0. The summed E-state index contributed by atoms with van der Waals surface area (Å²) in [5.41, 5.74) is -4.35. The van der Waals surface area contributed by atoms with Crippen LogP contribution in [0.2, 0.25) is 0 Å². The quantitative estimate of drug-likeness (QED) is 0.541. The summed E-state index contributed by atoms with van der Waals surface area (Å²) in [5.74, 6) is -1.95. The molecule has 2 heterocycles. The third kappa shape index (κ3) is 3.80. The van der Waals surface area contributed by atoms with Gasteiger partial charge in [-0.1, -0.05) is 12.1 Å². The Kier molecular flexibility index (Phi) is 5.63. The van der Waals surface area contributed by atoms with Crippen LogP contribution in [0.15, 0.2) is 24.3 Å². The average Bonchev–Trinajstić information content (AvgIpc) is 3.17. The minimum atomic E-state index is -4.61. The Balaban J connectivity index is 2.13. The molecule has 2 aliphatic rings. The highest BCUT2D eigenvalue weighted by Crippen LogP contribution is 2.40. The fourth-order valence-electron chi connectivity index (χ4n) is 3.47. The Labute approximate surface area is 180 Å². The average molecular weight is 460 g/mol. The molecule has 12 heteroatoms. The number of hydrogen-bond acceptors (Lipinski definition) is 7. The summed E-state index contributed by atoms with van der Waals surface area (Å²) in [5, 5.41) is 2.20. The molecule has 31 heavy (non-hydrogen) atoms. The number of thiocarbonyl (C=S) groups is 1. The van der Waals surface area contributed by atoms with E-state index in [-0.39, 0.29) is 24.0 Å². The highest BCUT2D eigenvalue weighted by atomic mass is 32.1. The second kappa shape index (κ2) is 7.66. The number of ether oxygens (including phenoxy) is 3. The van der Waals surface area contributed by atoms with Gasteiger partial charge in [0.15, 0.2) is 6.04 Å². The molecule has 168 valence electrons. The second-order valence-corrected chi connectivity index (χ2v) is 7.91. The Hall–Kier alpha value is -2.89. The van der Waals surface area contributed by atoms with Gasteiger partial charge in [-0.15, -0.1) is 0 Å². The first-order chi connectivity index (χ1) is 14.3. The topological polar surface area (TPSA) is 94.2 Å². The number of halogens is 3. The molecule has 0 aliphatic carbocycles. The lowest BCUT2D eigenvalue weighted by Gasteiger charge is -2.34. The number of nitrogens with one attached hydrogen (secondary N) is 1. The smallest absolute Gasteiger partial charge is 0.417 e. The summed E-state index contributed by atoms with van der Waals surface area (Å²) < 4.78 is 54.6. The van der Waals surface area contributed by atoms with E-state index in [0.29, 0.717) is 0 Å². The van der Waals surface area contributed by atoms with Gasteiger partial charge in [0.1, 0.15) is 6.61 Å². The molecule has 2 atom stereocenters. The van der Waals surface area contributed by atoms with Crippen molar-refractivity contribution in [1.82, 2.24) is 10.2 Å². The monoisotopic (exact) mass is 460 g/mol. The van der Waals surface area contributed by atoms with E-state index in [2.05, 4.69) is 5.32 Å². The van der Waals surface area contributed by atoms with Crippen LogP contribution in [0.3, 0.4) is 0 Å². The van der Waals surface area contributed by atoms with Crippen molar-refractivity contribution in [2.24, 2.45) is 0 Å². The van der Waals surface area contributed by atoms with Crippen molar-refractivity contribution in [1.29, 1.82) is 0 Å². The first-order valence-corrected chi connectivity index (χ1v) is 9.60. The largest absolute Gasteiger partial charge is 0.463 e. The van der Waals surface area contributed by atoms with E-state index in [1.807, 2.05) is 0 Å². The molecule has 1 N–H and O–H groups in total. The van der Waals surface area contributed by atoms with Crippen molar-refractivity contribution in [3.05, 3.63) is 35.4 Å². The number of amides is 2. The van der Waals surface area contributed by atoms with Crippen LogP contribution in [0.1, 0.15) is 31.9 Å². The van der Waals surface area contributed by atoms with E-state index in [1.54, 1.807) is 13.8 Å². The number of imide groups is 1. The molecule has 0 unspecified atom stereocenters. The summed E-state index contributed by atoms with van der Waals surface area (Å²) >= 11 is 5.01. The molecular formula is C19H19F3N2O6S. The van der Waals surface area contributed by atoms with Crippen LogP contribution in [-0.2, 0) is 35.6 Å². The first-order valence-electron chi connectivity index (χ1n) is 9.20. The van der Waals surface area contributed by atoms with Gasteiger partial charge >= 0.3 is 18.2 Å². The molecule has 8 nitrogen and oxygen atoms in total. The molecule has 0 bridgehead atoms. The number of rotatable bonds is 4. The van der Waals surface area contributed by atoms with Crippen LogP contribution in [0, 0.1) is 0 Å². The number of carbonyl (C=O) groups is 3.